The second-order valence-electron chi connectivity index (χ2n) is 4.89. The van der Waals surface area contributed by atoms with Crippen molar-refractivity contribution in [3.63, 3.8) is 0 Å². The van der Waals surface area contributed by atoms with Crippen LogP contribution in [0.2, 0.25) is 0 Å². The van der Waals surface area contributed by atoms with Gasteiger partial charge in [0.25, 0.3) is 0 Å². The summed E-state index contributed by atoms with van der Waals surface area (Å²) in [4.78, 5) is 17.5. The summed E-state index contributed by atoms with van der Waals surface area (Å²) >= 11 is 0. The molecule has 0 bridgehead atoms. The number of aromatic nitrogens is 1. The Labute approximate surface area is 116 Å². The van der Waals surface area contributed by atoms with Gasteiger partial charge in [-0.2, -0.15) is 4.98 Å². The summed E-state index contributed by atoms with van der Waals surface area (Å²) in [6, 6.07) is 9.37. The van der Waals surface area contributed by atoms with Gasteiger partial charge in [0.1, 0.15) is 0 Å². The maximum absolute atomic E-state index is 11.4. The summed E-state index contributed by atoms with van der Waals surface area (Å²) < 4.78 is 5.74. The van der Waals surface area contributed by atoms with Crippen LogP contribution in [-0.2, 0) is 0 Å². The molecule has 0 amide bonds. The minimum atomic E-state index is -1.04. The summed E-state index contributed by atoms with van der Waals surface area (Å²) in [5, 5.41) is 9.31. The van der Waals surface area contributed by atoms with Crippen LogP contribution in [-0.4, -0.2) is 29.1 Å². The number of aromatic carboxylic acids is 1. The summed E-state index contributed by atoms with van der Waals surface area (Å²) in [5.41, 5.74) is 0.795. The van der Waals surface area contributed by atoms with E-state index in [2.05, 4.69) is 4.98 Å². The SMILES string of the molecule is O=C(O)c1nc(-c2ccccc2)oc1N1CCCCC1. The van der Waals surface area contributed by atoms with Crippen molar-refractivity contribution in [3.8, 4) is 11.5 Å². The van der Waals surface area contributed by atoms with Gasteiger partial charge in [-0.05, 0) is 31.4 Å². The van der Waals surface area contributed by atoms with Crippen LogP contribution in [0.25, 0.3) is 11.5 Å². The van der Waals surface area contributed by atoms with E-state index < -0.39 is 5.97 Å². The third kappa shape index (κ3) is 2.39. The van der Waals surface area contributed by atoms with Crippen molar-refractivity contribution in [3.05, 3.63) is 36.0 Å². The van der Waals surface area contributed by atoms with Crippen molar-refractivity contribution in [2.45, 2.75) is 19.3 Å². The molecular weight excluding hydrogens is 256 g/mol. The molecule has 1 aliphatic rings. The molecule has 1 aliphatic heterocycles. The third-order valence-corrected chi connectivity index (χ3v) is 3.48. The summed E-state index contributed by atoms with van der Waals surface area (Å²) in [6.07, 6.45) is 3.29. The molecule has 0 atom stereocenters. The van der Waals surface area contributed by atoms with E-state index in [1.54, 1.807) is 0 Å². The van der Waals surface area contributed by atoms with Crippen molar-refractivity contribution >= 4 is 11.9 Å². The van der Waals surface area contributed by atoms with Gasteiger partial charge in [0.05, 0.1) is 0 Å². The molecule has 2 heterocycles. The fourth-order valence-corrected chi connectivity index (χ4v) is 2.47. The largest absolute Gasteiger partial charge is 0.476 e. The van der Waals surface area contributed by atoms with Crippen molar-refractivity contribution < 1.29 is 14.3 Å². The average molecular weight is 272 g/mol. The molecule has 5 heteroatoms. The van der Waals surface area contributed by atoms with E-state index >= 15 is 0 Å². The maximum atomic E-state index is 11.4. The standard InChI is InChI=1S/C15H16N2O3/c18-15(19)12-14(17-9-5-2-6-10-17)20-13(16-12)11-7-3-1-4-8-11/h1,3-4,7-8H,2,5-6,9-10H2,(H,18,19). The highest BCUT2D eigenvalue weighted by molar-refractivity contribution is 5.91. The molecule has 0 aliphatic carbocycles. The second kappa shape index (κ2) is 5.36. The number of carboxylic acid groups (broad SMARTS) is 1. The first-order valence-electron chi connectivity index (χ1n) is 6.80. The van der Waals surface area contributed by atoms with Crippen LogP contribution in [0.5, 0.6) is 0 Å². The van der Waals surface area contributed by atoms with Crippen LogP contribution >= 0.6 is 0 Å². The Bertz CT molecular complexity index is 601. The van der Waals surface area contributed by atoms with Crippen LogP contribution in [0.1, 0.15) is 29.8 Å². The first-order chi connectivity index (χ1) is 9.75. The molecule has 1 aromatic heterocycles. The van der Waals surface area contributed by atoms with E-state index in [9.17, 15) is 9.90 Å². The number of hydrogen-bond acceptors (Lipinski definition) is 4. The zero-order chi connectivity index (χ0) is 13.9. The van der Waals surface area contributed by atoms with Crippen molar-refractivity contribution in [1.82, 2.24) is 4.98 Å². The topological polar surface area (TPSA) is 66.6 Å². The van der Waals surface area contributed by atoms with Gasteiger partial charge in [-0.3, -0.25) is 0 Å². The Kier molecular flexibility index (Phi) is 3.41. The van der Waals surface area contributed by atoms with Crippen LogP contribution < -0.4 is 4.90 Å². The highest BCUT2D eigenvalue weighted by atomic mass is 16.4. The molecule has 20 heavy (non-hydrogen) atoms. The molecule has 0 spiro atoms. The summed E-state index contributed by atoms with van der Waals surface area (Å²) in [5.74, 6) is -0.295. The fraction of sp³-hybridized carbons (Fsp3) is 0.333. The number of anilines is 1. The first-order valence-corrected chi connectivity index (χ1v) is 6.80. The Balaban J connectivity index is 2.00. The molecule has 1 fully saturated rings. The van der Waals surface area contributed by atoms with E-state index in [1.165, 1.54) is 6.42 Å². The van der Waals surface area contributed by atoms with Gasteiger partial charge in [-0.25, -0.2) is 4.79 Å². The zero-order valence-electron chi connectivity index (χ0n) is 11.1. The number of hydrogen-bond donors (Lipinski definition) is 1. The van der Waals surface area contributed by atoms with Gasteiger partial charge in [0.2, 0.25) is 17.5 Å². The lowest BCUT2D eigenvalue weighted by molar-refractivity contribution is 0.0691. The molecule has 1 saturated heterocycles. The molecular formula is C15H16N2O3. The number of nitrogens with zero attached hydrogens (tertiary/aromatic N) is 2. The molecule has 0 saturated carbocycles. The summed E-state index contributed by atoms with van der Waals surface area (Å²) in [7, 11) is 0. The molecule has 104 valence electrons. The van der Waals surface area contributed by atoms with Gasteiger partial charge >= 0.3 is 5.97 Å². The fourth-order valence-electron chi connectivity index (χ4n) is 2.47. The number of rotatable bonds is 3. The second-order valence-corrected chi connectivity index (χ2v) is 4.89. The highest BCUT2D eigenvalue weighted by Gasteiger charge is 2.25. The molecule has 0 unspecified atom stereocenters. The van der Waals surface area contributed by atoms with Gasteiger partial charge in [-0.1, -0.05) is 18.2 Å². The van der Waals surface area contributed by atoms with E-state index in [0.717, 1.165) is 31.5 Å². The zero-order valence-corrected chi connectivity index (χ0v) is 11.1. The van der Waals surface area contributed by atoms with Gasteiger partial charge in [0, 0.05) is 18.7 Å². The van der Waals surface area contributed by atoms with Crippen LogP contribution in [0, 0.1) is 0 Å². The minimum Gasteiger partial charge on any atom is -0.476 e. The van der Waals surface area contributed by atoms with Crippen molar-refractivity contribution in [2.24, 2.45) is 0 Å². The quantitative estimate of drug-likeness (QED) is 0.930. The van der Waals surface area contributed by atoms with E-state index in [1.807, 2.05) is 35.2 Å². The van der Waals surface area contributed by atoms with E-state index in [-0.39, 0.29) is 5.69 Å². The first kappa shape index (κ1) is 12.7. The molecule has 0 radical (unpaired) electrons. The van der Waals surface area contributed by atoms with Gasteiger partial charge in [-0.15, -0.1) is 0 Å². The number of benzene rings is 1. The molecule has 1 N–H and O–H groups in total. The lowest BCUT2D eigenvalue weighted by Gasteiger charge is -2.26. The van der Waals surface area contributed by atoms with Crippen LogP contribution in [0.15, 0.2) is 34.7 Å². The lowest BCUT2D eigenvalue weighted by atomic mass is 10.1. The molecule has 1 aromatic carbocycles. The number of piperidine rings is 1. The van der Waals surface area contributed by atoms with Crippen molar-refractivity contribution in [2.75, 3.05) is 18.0 Å². The monoisotopic (exact) mass is 272 g/mol. The van der Waals surface area contributed by atoms with Gasteiger partial charge < -0.3 is 14.4 Å². The summed E-state index contributed by atoms with van der Waals surface area (Å²) in [6.45, 7) is 1.65. The van der Waals surface area contributed by atoms with E-state index in [0.29, 0.717) is 11.8 Å². The maximum Gasteiger partial charge on any atom is 0.360 e. The van der Waals surface area contributed by atoms with Crippen LogP contribution in [0.4, 0.5) is 5.88 Å². The Morgan fingerprint density at radius 2 is 1.85 bits per heavy atom. The number of oxazole rings is 1. The normalized spacial score (nSPS) is 15.3. The van der Waals surface area contributed by atoms with Crippen LogP contribution in [0.3, 0.4) is 0 Å². The smallest absolute Gasteiger partial charge is 0.360 e. The number of carboxylic acids is 1. The molecule has 3 rings (SSSR count). The third-order valence-electron chi connectivity index (χ3n) is 3.48. The predicted molar refractivity (Wildman–Crippen MR) is 75.0 cm³/mol. The molecule has 2 aromatic rings. The minimum absolute atomic E-state index is 0.00533. The van der Waals surface area contributed by atoms with Crippen molar-refractivity contribution in [1.29, 1.82) is 0 Å². The highest BCUT2D eigenvalue weighted by Crippen LogP contribution is 2.30. The molecule has 5 nitrogen and oxygen atoms in total. The Hall–Kier alpha value is -2.30. The van der Waals surface area contributed by atoms with Gasteiger partial charge in [0.15, 0.2) is 0 Å². The number of carbonyl (C=O) groups is 1. The average Bonchev–Trinajstić information content (AvgIpc) is 2.94. The predicted octanol–water partition coefficient (Wildman–Crippen LogP) is 3.03. The Morgan fingerprint density at radius 1 is 1.15 bits per heavy atom. The van der Waals surface area contributed by atoms with E-state index in [4.69, 9.17) is 4.42 Å². The lowest BCUT2D eigenvalue weighted by Crippen LogP contribution is -2.30. The Morgan fingerprint density at radius 3 is 2.50 bits per heavy atom.